The molecule has 0 aliphatic heterocycles. The van der Waals surface area contributed by atoms with Gasteiger partial charge in [-0.1, -0.05) is 18.2 Å². The van der Waals surface area contributed by atoms with Crippen LogP contribution in [0.25, 0.3) is 11.1 Å². The Morgan fingerprint density at radius 1 is 1.31 bits per heavy atom. The fourth-order valence-corrected chi connectivity index (χ4v) is 1.51. The Hall–Kier alpha value is -2.43. The third kappa shape index (κ3) is 1.58. The quantitative estimate of drug-likeness (QED) is 0.763. The van der Waals surface area contributed by atoms with Crippen LogP contribution in [0.2, 0.25) is 0 Å². The van der Waals surface area contributed by atoms with Crippen LogP contribution in [0.4, 0.5) is 0 Å². The van der Waals surface area contributed by atoms with E-state index in [4.69, 9.17) is 5.11 Å². The molecule has 0 aliphatic rings. The smallest absolute Gasteiger partial charge is 0.336 e. The Morgan fingerprint density at radius 3 is 2.75 bits per heavy atom. The number of hydrogen-bond acceptors (Lipinski definition) is 3. The van der Waals surface area contributed by atoms with E-state index in [1.807, 2.05) is 0 Å². The summed E-state index contributed by atoms with van der Waals surface area (Å²) in [5.74, 6) is -1.03. The summed E-state index contributed by atoms with van der Waals surface area (Å²) in [6.07, 6.45) is 2.05. The van der Waals surface area contributed by atoms with Gasteiger partial charge in [-0.05, 0) is 6.07 Å². The zero-order chi connectivity index (χ0) is 11.5. The van der Waals surface area contributed by atoms with Crippen molar-refractivity contribution in [1.82, 2.24) is 10.2 Å². The minimum absolute atomic E-state index is 0.145. The van der Waals surface area contributed by atoms with Crippen molar-refractivity contribution >= 4 is 12.3 Å². The standard InChI is InChI=1S/C11H8N2O3/c14-6-10-9(5-12-13-10)7-3-1-2-4-8(7)11(15)16/h1-6H,(H,12,13)(H,15,16). The normalized spacial score (nSPS) is 10.0. The molecule has 1 heterocycles. The fraction of sp³-hybridized carbons (Fsp3) is 0. The van der Waals surface area contributed by atoms with Gasteiger partial charge in [0.25, 0.3) is 0 Å². The Kier molecular flexibility index (Phi) is 2.51. The summed E-state index contributed by atoms with van der Waals surface area (Å²) in [6, 6.07) is 6.47. The Labute approximate surface area is 90.7 Å². The number of carbonyl (C=O) groups is 2. The maximum atomic E-state index is 11.0. The molecular weight excluding hydrogens is 208 g/mol. The SMILES string of the molecule is O=Cc1[nH]ncc1-c1ccccc1C(=O)O. The minimum Gasteiger partial charge on any atom is -0.478 e. The first-order valence-corrected chi connectivity index (χ1v) is 4.55. The molecule has 2 rings (SSSR count). The molecule has 0 radical (unpaired) electrons. The van der Waals surface area contributed by atoms with Crippen molar-refractivity contribution in [2.24, 2.45) is 0 Å². The molecular formula is C11H8N2O3. The van der Waals surface area contributed by atoms with Gasteiger partial charge in [0.2, 0.25) is 0 Å². The summed E-state index contributed by atoms with van der Waals surface area (Å²) >= 11 is 0. The van der Waals surface area contributed by atoms with Crippen molar-refractivity contribution in [3.8, 4) is 11.1 Å². The van der Waals surface area contributed by atoms with Gasteiger partial charge in [0.05, 0.1) is 11.8 Å². The highest BCUT2D eigenvalue weighted by Gasteiger charge is 2.14. The zero-order valence-electron chi connectivity index (χ0n) is 8.18. The molecule has 0 saturated carbocycles. The molecule has 0 atom stereocenters. The van der Waals surface area contributed by atoms with Gasteiger partial charge in [-0.2, -0.15) is 5.10 Å². The number of carboxylic acid groups (broad SMARTS) is 1. The van der Waals surface area contributed by atoms with Crippen LogP contribution in [0.3, 0.4) is 0 Å². The number of benzene rings is 1. The third-order valence-corrected chi connectivity index (χ3v) is 2.23. The number of rotatable bonds is 3. The van der Waals surface area contributed by atoms with E-state index in [2.05, 4.69) is 10.2 Å². The number of aromatic amines is 1. The molecule has 0 spiro atoms. The maximum absolute atomic E-state index is 11.0. The molecule has 0 unspecified atom stereocenters. The van der Waals surface area contributed by atoms with Crippen LogP contribution in [-0.4, -0.2) is 27.6 Å². The van der Waals surface area contributed by atoms with Crippen molar-refractivity contribution in [2.45, 2.75) is 0 Å². The number of aromatic nitrogens is 2. The van der Waals surface area contributed by atoms with Crippen LogP contribution >= 0.6 is 0 Å². The second-order valence-corrected chi connectivity index (χ2v) is 3.17. The molecule has 0 saturated heterocycles. The number of nitrogens with one attached hydrogen (secondary N) is 1. The molecule has 5 heteroatoms. The summed E-state index contributed by atoms with van der Waals surface area (Å²) in [7, 11) is 0. The first-order valence-electron chi connectivity index (χ1n) is 4.55. The van der Waals surface area contributed by atoms with Gasteiger partial charge in [-0.15, -0.1) is 0 Å². The third-order valence-electron chi connectivity index (χ3n) is 2.23. The van der Waals surface area contributed by atoms with Crippen molar-refractivity contribution in [2.75, 3.05) is 0 Å². The highest BCUT2D eigenvalue weighted by molar-refractivity contribution is 5.98. The van der Waals surface area contributed by atoms with Crippen LogP contribution in [0, 0.1) is 0 Å². The van der Waals surface area contributed by atoms with Crippen molar-refractivity contribution in [3.63, 3.8) is 0 Å². The van der Waals surface area contributed by atoms with E-state index in [0.29, 0.717) is 17.4 Å². The van der Waals surface area contributed by atoms with E-state index >= 15 is 0 Å². The highest BCUT2D eigenvalue weighted by atomic mass is 16.4. The average Bonchev–Trinajstić information content (AvgIpc) is 2.76. The molecule has 0 fully saturated rings. The van der Waals surface area contributed by atoms with E-state index in [1.54, 1.807) is 18.2 Å². The second kappa shape index (κ2) is 3.98. The molecule has 2 aromatic rings. The van der Waals surface area contributed by atoms with Crippen LogP contribution in [0.5, 0.6) is 0 Å². The van der Waals surface area contributed by atoms with Gasteiger partial charge in [-0.25, -0.2) is 4.79 Å². The summed E-state index contributed by atoms with van der Waals surface area (Å²) in [6.45, 7) is 0. The number of carboxylic acids is 1. The lowest BCUT2D eigenvalue weighted by molar-refractivity contribution is 0.0697. The number of aldehydes is 1. The van der Waals surface area contributed by atoms with Gasteiger partial charge in [0.15, 0.2) is 6.29 Å². The van der Waals surface area contributed by atoms with E-state index < -0.39 is 5.97 Å². The van der Waals surface area contributed by atoms with Gasteiger partial charge >= 0.3 is 5.97 Å². The number of nitrogens with zero attached hydrogens (tertiary/aromatic N) is 1. The predicted molar refractivity (Wildman–Crippen MR) is 56.4 cm³/mol. The largest absolute Gasteiger partial charge is 0.478 e. The average molecular weight is 216 g/mol. The Bertz CT molecular complexity index is 546. The van der Waals surface area contributed by atoms with E-state index in [1.165, 1.54) is 12.3 Å². The molecule has 16 heavy (non-hydrogen) atoms. The van der Waals surface area contributed by atoms with Crippen LogP contribution in [-0.2, 0) is 0 Å². The van der Waals surface area contributed by atoms with Crippen molar-refractivity contribution in [3.05, 3.63) is 41.7 Å². The van der Waals surface area contributed by atoms with Gasteiger partial charge in [-0.3, -0.25) is 9.89 Å². The molecule has 0 bridgehead atoms. The van der Waals surface area contributed by atoms with Gasteiger partial charge in [0.1, 0.15) is 5.69 Å². The molecule has 0 amide bonds. The molecule has 0 aliphatic carbocycles. The fourth-order valence-electron chi connectivity index (χ4n) is 1.51. The first-order chi connectivity index (χ1) is 7.74. The topological polar surface area (TPSA) is 83.0 Å². The van der Waals surface area contributed by atoms with Crippen LogP contribution in [0.1, 0.15) is 20.8 Å². The van der Waals surface area contributed by atoms with Crippen LogP contribution < -0.4 is 0 Å². The maximum Gasteiger partial charge on any atom is 0.336 e. The van der Waals surface area contributed by atoms with Crippen molar-refractivity contribution in [1.29, 1.82) is 0 Å². The number of hydrogen-bond donors (Lipinski definition) is 2. The number of aromatic carboxylic acids is 1. The summed E-state index contributed by atoms with van der Waals surface area (Å²) in [5.41, 5.74) is 1.39. The van der Waals surface area contributed by atoms with Crippen LogP contribution in [0.15, 0.2) is 30.5 Å². The monoisotopic (exact) mass is 216 g/mol. The molecule has 80 valence electrons. The van der Waals surface area contributed by atoms with E-state index in [9.17, 15) is 9.59 Å². The minimum atomic E-state index is -1.03. The zero-order valence-corrected chi connectivity index (χ0v) is 8.18. The lowest BCUT2D eigenvalue weighted by Gasteiger charge is -2.03. The summed E-state index contributed by atoms with van der Waals surface area (Å²) in [5, 5.41) is 15.2. The van der Waals surface area contributed by atoms with E-state index in [-0.39, 0.29) is 11.3 Å². The van der Waals surface area contributed by atoms with Gasteiger partial charge in [0, 0.05) is 11.1 Å². The Balaban J connectivity index is 2.64. The predicted octanol–water partition coefficient (Wildman–Crippen LogP) is 1.59. The molecule has 2 N–H and O–H groups in total. The second-order valence-electron chi connectivity index (χ2n) is 3.17. The molecule has 5 nitrogen and oxygen atoms in total. The summed E-state index contributed by atoms with van der Waals surface area (Å²) in [4.78, 5) is 21.7. The molecule has 1 aromatic carbocycles. The lowest BCUT2D eigenvalue weighted by Crippen LogP contribution is -1.99. The lowest BCUT2D eigenvalue weighted by atomic mass is 10.0. The first kappa shape index (κ1) is 10.1. The van der Waals surface area contributed by atoms with Crippen molar-refractivity contribution < 1.29 is 14.7 Å². The molecule has 1 aromatic heterocycles. The number of carbonyl (C=O) groups excluding carboxylic acids is 1. The highest BCUT2D eigenvalue weighted by Crippen LogP contribution is 2.24. The summed E-state index contributed by atoms with van der Waals surface area (Å²) < 4.78 is 0. The van der Waals surface area contributed by atoms with E-state index in [0.717, 1.165) is 0 Å². The Morgan fingerprint density at radius 2 is 2.06 bits per heavy atom. The number of H-pyrrole nitrogens is 1. The van der Waals surface area contributed by atoms with Gasteiger partial charge < -0.3 is 5.11 Å².